The number of rotatable bonds is 12. The van der Waals surface area contributed by atoms with Crippen molar-refractivity contribution in [3.63, 3.8) is 0 Å². The highest BCUT2D eigenvalue weighted by Gasteiger charge is 2.34. The molecule has 0 bridgehead atoms. The number of esters is 2. The van der Waals surface area contributed by atoms with Crippen LogP contribution in [0.1, 0.15) is 43.5 Å². The van der Waals surface area contributed by atoms with Crippen LogP contribution in [0, 0.1) is 3.57 Å². The van der Waals surface area contributed by atoms with E-state index in [1.54, 1.807) is 50.3 Å². The zero-order valence-corrected chi connectivity index (χ0v) is 31.4. The number of allylic oxidation sites excluding steroid dienone is 1. The molecule has 0 unspecified atom stereocenters. The van der Waals surface area contributed by atoms with E-state index in [-0.39, 0.29) is 24.3 Å². The van der Waals surface area contributed by atoms with Crippen LogP contribution < -0.4 is 29.1 Å². The second kappa shape index (κ2) is 16.2. The summed E-state index contributed by atoms with van der Waals surface area (Å²) in [5.74, 6) is 0.171. The van der Waals surface area contributed by atoms with E-state index in [0.29, 0.717) is 61.1 Å². The number of fused-ring (bicyclic) bond motifs is 1. The molecule has 0 amide bonds. The van der Waals surface area contributed by atoms with Crippen molar-refractivity contribution in [1.82, 2.24) is 4.57 Å². The Morgan fingerprint density at radius 2 is 1.73 bits per heavy atom. The first-order valence-corrected chi connectivity index (χ1v) is 17.7. The fourth-order valence-electron chi connectivity index (χ4n) is 5.05. The highest BCUT2D eigenvalue weighted by Crippen LogP contribution is 2.36. The summed E-state index contributed by atoms with van der Waals surface area (Å²) < 4.78 is 30.3. The molecule has 1 aliphatic rings. The summed E-state index contributed by atoms with van der Waals surface area (Å²) >= 11 is 15.6. The van der Waals surface area contributed by atoms with Gasteiger partial charge in [-0.1, -0.05) is 52.7 Å². The Hall–Kier alpha value is -3.85. The summed E-state index contributed by atoms with van der Waals surface area (Å²) in [6.45, 7) is 5.67. The summed E-state index contributed by atoms with van der Waals surface area (Å²) in [5, 5.41) is 0.931. The Kier molecular flexibility index (Phi) is 12.1. The maximum absolute atomic E-state index is 14.1. The Labute approximate surface area is 309 Å². The second-order valence-corrected chi connectivity index (χ2v) is 13.5. The number of benzene rings is 3. The third-order valence-electron chi connectivity index (χ3n) is 7.31. The molecule has 1 aliphatic heterocycles. The molecule has 4 aromatic rings. The third kappa shape index (κ3) is 8.31. The Balaban J connectivity index is 1.53. The minimum absolute atomic E-state index is 0.142. The smallest absolute Gasteiger partial charge is 0.343 e. The van der Waals surface area contributed by atoms with E-state index in [1.165, 1.54) is 23.0 Å². The van der Waals surface area contributed by atoms with E-state index in [2.05, 4.69) is 32.3 Å². The van der Waals surface area contributed by atoms with Crippen LogP contribution >= 0.6 is 57.1 Å². The number of carbonyl (C=O) groups is 2. The highest BCUT2D eigenvalue weighted by atomic mass is 127. The van der Waals surface area contributed by atoms with E-state index in [9.17, 15) is 14.4 Å². The van der Waals surface area contributed by atoms with Crippen LogP contribution in [0.4, 0.5) is 0 Å². The van der Waals surface area contributed by atoms with Crippen LogP contribution in [-0.4, -0.2) is 43.4 Å². The van der Waals surface area contributed by atoms with E-state index in [4.69, 9.17) is 42.1 Å². The summed E-state index contributed by atoms with van der Waals surface area (Å²) in [6.07, 6.45) is 1.78. The fourth-order valence-corrected chi connectivity index (χ4v) is 7.11. The molecule has 1 atom stereocenters. The van der Waals surface area contributed by atoms with Gasteiger partial charge in [0.1, 0.15) is 12.4 Å². The summed E-state index contributed by atoms with van der Waals surface area (Å²) in [4.78, 5) is 44.3. The Morgan fingerprint density at radius 1 is 0.959 bits per heavy atom. The lowest BCUT2D eigenvalue weighted by Gasteiger charge is -2.25. The molecule has 49 heavy (non-hydrogen) atoms. The lowest BCUT2D eigenvalue weighted by Crippen LogP contribution is -2.40. The van der Waals surface area contributed by atoms with Gasteiger partial charge in [0, 0.05) is 0 Å². The number of methoxy groups -OCH3 is 1. The van der Waals surface area contributed by atoms with Crippen LogP contribution in [0.5, 0.6) is 17.2 Å². The van der Waals surface area contributed by atoms with Crippen LogP contribution in [-0.2, 0) is 25.7 Å². The maximum atomic E-state index is 14.1. The summed E-state index contributed by atoms with van der Waals surface area (Å²) in [6, 6.07) is 15.1. The maximum Gasteiger partial charge on any atom is 0.343 e. The molecule has 3 aromatic carbocycles. The SMILES string of the molecule is CCOC(=O)C1=C(C)N=c2s/c(=C\c3ccc(OCc4ccc(Cl)c(Cl)c4)c(I)c3)c(=O)n2[C@@H]1c1ccc(OCC(=O)OC)c(OCC)c1. The van der Waals surface area contributed by atoms with E-state index in [0.717, 1.165) is 14.7 Å². The normalized spacial score (nSPS) is 14.2. The first-order chi connectivity index (χ1) is 23.5. The Morgan fingerprint density at radius 3 is 2.43 bits per heavy atom. The molecule has 0 fully saturated rings. The summed E-state index contributed by atoms with van der Waals surface area (Å²) in [7, 11) is 1.27. The molecule has 14 heteroatoms. The molecule has 10 nitrogen and oxygen atoms in total. The number of hydrogen-bond acceptors (Lipinski definition) is 10. The van der Waals surface area contributed by atoms with E-state index in [1.807, 2.05) is 31.2 Å². The molecule has 0 saturated heterocycles. The third-order valence-corrected chi connectivity index (χ3v) is 9.87. The van der Waals surface area contributed by atoms with E-state index < -0.39 is 18.0 Å². The van der Waals surface area contributed by atoms with Crippen molar-refractivity contribution in [2.75, 3.05) is 26.9 Å². The van der Waals surface area contributed by atoms with Crippen molar-refractivity contribution < 1.29 is 33.3 Å². The van der Waals surface area contributed by atoms with Gasteiger partial charge in [-0.2, -0.15) is 0 Å². The number of carbonyl (C=O) groups excluding carboxylic acids is 2. The van der Waals surface area contributed by atoms with E-state index >= 15 is 0 Å². The number of hydrogen-bond donors (Lipinski definition) is 0. The molecule has 0 aliphatic carbocycles. The second-order valence-electron chi connectivity index (χ2n) is 10.5. The monoisotopic (exact) mass is 836 g/mol. The highest BCUT2D eigenvalue weighted by molar-refractivity contribution is 14.1. The predicted octanol–water partition coefficient (Wildman–Crippen LogP) is 6.24. The summed E-state index contributed by atoms with van der Waals surface area (Å²) in [5.41, 5.74) is 2.54. The van der Waals surface area contributed by atoms with Crippen molar-refractivity contribution in [2.45, 2.75) is 33.4 Å². The average Bonchev–Trinajstić information content (AvgIpc) is 3.38. The minimum atomic E-state index is -0.872. The first kappa shape index (κ1) is 36.4. The molecular formula is C35H31Cl2IN2O8S. The zero-order chi connectivity index (χ0) is 35.2. The van der Waals surface area contributed by atoms with Gasteiger partial charge in [-0.3, -0.25) is 9.36 Å². The number of ether oxygens (including phenoxy) is 5. The Bertz CT molecular complexity index is 2130. The number of nitrogens with zero attached hydrogens (tertiary/aromatic N) is 2. The van der Waals surface area contributed by atoms with Gasteiger partial charge < -0.3 is 23.7 Å². The van der Waals surface area contributed by atoms with Crippen molar-refractivity contribution in [3.05, 3.63) is 116 Å². The van der Waals surface area contributed by atoms with Crippen molar-refractivity contribution in [2.24, 2.45) is 4.99 Å². The molecular weight excluding hydrogens is 806 g/mol. The quantitative estimate of drug-likeness (QED) is 0.122. The lowest BCUT2D eigenvalue weighted by atomic mass is 9.95. The molecule has 5 rings (SSSR count). The zero-order valence-electron chi connectivity index (χ0n) is 26.9. The number of thiazole rings is 1. The van der Waals surface area contributed by atoms with Gasteiger partial charge >= 0.3 is 11.9 Å². The fraction of sp³-hybridized carbons (Fsp3) is 0.257. The van der Waals surface area contributed by atoms with Crippen molar-refractivity contribution in [1.29, 1.82) is 0 Å². The molecule has 0 N–H and O–H groups in total. The van der Waals surface area contributed by atoms with Gasteiger partial charge in [0.25, 0.3) is 5.56 Å². The van der Waals surface area contributed by atoms with Crippen LogP contribution in [0.25, 0.3) is 6.08 Å². The van der Waals surface area contributed by atoms with Gasteiger partial charge in [0.15, 0.2) is 22.9 Å². The van der Waals surface area contributed by atoms with Gasteiger partial charge in [0.05, 0.1) is 55.8 Å². The molecule has 0 spiro atoms. The van der Waals surface area contributed by atoms with Crippen LogP contribution in [0.15, 0.2) is 75.7 Å². The average molecular weight is 838 g/mol. The number of aromatic nitrogens is 1. The van der Waals surface area contributed by atoms with Gasteiger partial charge in [-0.25, -0.2) is 14.6 Å². The van der Waals surface area contributed by atoms with Crippen molar-refractivity contribution in [3.8, 4) is 17.2 Å². The van der Waals surface area contributed by atoms with Gasteiger partial charge in [-0.15, -0.1) is 0 Å². The standard InChI is InChI=1S/C35H31Cl2IN2O8S/c1-5-45-28-16-22(9-12-27(28)48-18-30(41)44-4)32-31(34(43)46-6-2)19(3)39-35-40(32)33(42)29(49-35)15-20-8-11-26(25(38)14-20)47-17-21-7-10-23(36)24(37)13-21/h7-16,32H,5-6,17-18H2,1-4H3/b29-15-/t32-/m1/s1. The molecule has 256 valence electrons. The largest absolute Gasteiger partial charge is 0.490 e. The number of halogens is 3. The van der Waals surface area contributed by atoms with Crippen molar-refractivity contribution >= 4 is 75.1 Å². The van der Waals surface area contributed by atoms with Gasteiger partial charge in [0.2, 0.25) is 0 Å². The predicted molar refractivity (Wildman–Crippen MR) is 195 cm³/mol. The minimum Gasteiger partial charge on any atom is -0.490 e. The lowest BCUT2D eigenvalue weighted by molar-refractivity contribution is -0.143. The molecule has 0 radical (unpaired) electrons. The topological polar surface area (TPSA) is 115 Å². The molecule has 0 saturated carbocycles. The van der Waals surface area contributed by atoms with Crippen LogP contribution in [0.2, 0.25) is 10.0 Å². The molecule has 1 aromatic heterocycles. The molecule has 2 heterocycles. The van der Waals surface area contributed by atoms with Crippen LogP contribution in [0.3, 0.4) is 0 Å². The van der Waals surface area contributed by atoms with Gasteiger partial charge in [-0.05, 0) is 103 Å². The first-order valence-electron chi connectivity index (χ1n) is 15.1.